The van der Waals surface area contributed by atoms with E-state index in [1.54, 1.807) is 23.0 Å². The first-order chi connectivity index (χ1) is 21.7. The summed E-state index contributed by atoms with van der Waals surface area (Å²) in [5, 5.41) is 6.42. The molecule has 3 heterocycles. The summed E-state index contributed by atoms with van der Waals surface area (Å²) >= 11 is 1.63. The molecule has 8 heteroatoms. The van der Waals surface area contributed by atoms with E-state index in [-0.39, 0.29) is 11.5 Å². The maximum absolute atomic E-state index is 13.3. The third kappa shape index (κ3) is 8.03. The number of anilines is 4. The fraction of sp³-hybridized carbons (Fsp3) is 0.432. The number of aryl methyl sites for hydroxylation is 3. The zero-order chi connectivity index (χ0) is 31.9. The number of aromatic nitrogens is 2. The lowest BCUT2D eigenvalue weighted by Gasteiger charge is -2.24. The van der Waals surface area contributed by atoms with Gasteiger partial charge >= 0.3 is 0 Å². The van der Waals surface area contributed by atoms with Crippen molar-refractivity contribution >= 4 is 40.1 Å². The Labute approximate surface area is 271 Å². The molecule has 0 bridgehead atoms. The molecule has 3 aromatic heterocycles. The molecule has 7 nitrogen and oxygen atoms in total. The van der Waals surface area contributed by atoms with Crippen LogP contribution in [0.15, 0.2) is 59.7 Å². The van der Waals surface area contributed by atoms with E-state index >= 15 is 0 Å². The zero-order valence-corrected chi connectivity index (χ0v) is 28.2. The molecule has 0 radical (unpaired) electrons. The van der Waals surface area contributed by atoms with Crippen molar-refractivity contribution in [1.82, 2.24) is 9.55 Å². The Morgan fingerprint density at radius 2 is 1.89 bits per heavy atom. The van der Waals surface area contributed by atoms with Gasteiger partial charge in [-0.15, -0.1) is 11.3 Å². The summed E-state index contributed by atoms with van der Waals surface area (Å²) in [7, 11) is 1.76. The van der Waals surface area contributed by atoms with Crippen molar-refractivity contribution in [2.24, 2.45) is 13.0 Å². The molecule has 0 spiro atoms. The molecule has 0 aliphatic heterocycles. The van der Waals surface area contributed by atoms with Gasteiger partial charge in [-0.1, -0.05) is 39.3 Å². The number of nitrogens with zero attached hydrogens (tertiary/aromatic N) is 3. The Morgan fingerprint density at radius 3 is 2.64 bits per heavy atom. The summed E-state index contributed by atoms with van der Waals surface area (Å²) in [4.78, 5) is 35.6. The smallest absolute Gasteiger partial charge is 0.274 e. The van der Waals surface area contributed by atoms with Gasteiger partial charge in [0.25, 0.3) is 11.5 Å². The molecule has 1 aliphatic rings. The lowest BCUT2D eigenvalue weighted by atomic mass is 10.00. The number of hydrogen-bond acceptors (Lipinski definition) is 6. The molecule has 5 rings (SSSR count). The van der Waals surface area contributed by atoms with Crippen molar-refractivity contribution in [3.63, 3.8) is 0 Å². The van der Waals surface area contributed by atoms with Crippen LogP contribution in [0.3, 0.4) is 0 Å². The second kappa shape index (κ2) is 14.9. The average Bonchev–Trinajstić information content (AvgIpc) is 3.30. The van der Waals surface area contributed by atoms with Gasteiger partial charge in [0.2, 0.25) is 0 Å². The highest BCUT2D eigenvalue weighted by molar-refractivity contribution is 7.14. The number of rotatable bonds is 12. The largest absolute Gasteiger partial charge is 0.370 e. The van der Waals surface area contributed by atoms with Crippen LogP contribution in [0.2, 0.25) is 0 Å². The number of pyridine rings is 2. The van der Waals surface area contributed by atoms with Crippen molar-refractivity contribution < 1.29 is 4.79 Å². The second-order valence-corrected chi connectivity index (χ2v) is 13.8. The van der Waals surface area contributed by atoms with Gasteiger partial charge in [0.15, 0.2) is 0 Å². The number of carbonyl (C=O) groups is 1. The number of benzene rings is 1. The third-order valence-corrected chi connectivity index (χ3v) is 9.86. The van der Waals surface area contributed by atoms with Gasteiger partial charge in [-0.2, -0.15) is 0 Å². The van der Waals surface area contributed by atoms with E-state index in [1.165, 1.54) is 36.1 Å². The standard InChI is InChI=1S/C37H47N5O2S/c1-6-19-42(20-11-12-25(2)3)29-17-18-35(38-23-29)39-32-21-28(24-41(5)37(32)44)30-14-10-15-31(26(30)4)40-36(43)34-22-27-13-8-7-9-16-33(27)45-34/h10,14-15,17-18,21-25H,6-9,11-13,16,19-20H2,1-5H3,(H,38,39)(H,40,43). The summed E-state index contributed by atoms with van der Waals surface area (Å²) in [5.41, 5.74) is 6.30. The number of amides is 1. The van der Waals surface area contributed by atoms with E-state index in [0.29, 0.717) is 17.4 Å². The molecular formula is C37H47N5O2S. The van der Waals surface area contributed by atoms with Crippen molar-refractivity contribution in [2.45, 2.75) is 79.1 Å². The van der Waals surface area contributed by atoms with Crippen LogP contribution in [0.4, 0.5) is 22.9 Å². The molecular weight excluding hydrogens is 579 g/mol. The minimum atomic E-state index is -0.134. The second-order valence-electron chi connectivity index (χ2n) is 12.7. The highest BCUT2D eigenvalue weighted by atomic mass is 32.1. The normalized spacial score (nSPS) is 12.9. The molecule has 238 valence electrons. The maximum atomic E-state index is 13.3. The van der Waals surface area contributed by atoms with Crippen LogP contribution in [0.1, 0.15) is 85.0 Å². The molecule has 1 aliphatic carbocycles. The molecule has 0 saturated heterocycles. The Bertz CT molecular complexity index is 1650. The predicted molar refractivity (Wildman–Crippen MR) is 189 cm³/mol. The SMILES string of the molecule is CCCN(CCCC(C)C)c1ccc(Nc2cc(-c3cccc(NC(=O)c4cc5c(s4)CCCCC5)c3C)cn(C)c2=O)nc1. The minimum Gasteiger partial charge on any atom is -0.370 e. The molecule has 4 aromatic rings. The number of hydrogen-bond donors (Lipinski definition) is 2. The van der Waals surface area contributed by atoms with Crippen LogP contribution in [0, 0.1) is 12.8 Å². The van der Waals surface area contributed by atoms with Crippen LogP contribution >= 0.6 is 11.3 Å². The molecule has 0 unspecified atom stereocenters. The predicted octanol–water partition coefficient (Wildman–Crippen LogP) is 8.73. The van der Waals surface area contributed by atoms with Crippen molar-refractivity contribution in [1.29, 1.82) is 0 Å². The van der Waals surface area contributed by atoms with Gasteiger partial charge in [-0.05, 0) is 105 Å². The maximum Gasteiger partial charge on any atom is 0.274 e. The summed E-state index contributed by atoms with van der Waals surface area (Å²) in [6, 6.07) is 13.9. The monoisotopic (exact) mass is 625 g/mol. The van der Waals surface area contributed by atoms with E-state index in [1.807, 2.05) is 49.6 Å². The van der Waals surface area contributed by atoms with Crippen LogP contribution < -0.4 is 21.1 Å². The fourth-order valence-corrected chi connectivity index (χ4v) is 7.26. The topological polar surface area (TPSA) is 79.3 Å². The van der Waals surface area contributed by atoms with Gasteiger partial charge in [-0.25, -0.2) is 4.98 Å². The van der Waals surface area contributed by atoms with E-state index in [2.05, 4.69) is 53.4 Å². The molecule has 0 atom stereocenters. The molecule has 1 aromatic carbocycles. The van der Waals surface area contributed by atoms with Gasteiger partial charge in [0.05, 0.1) is 16.8 Å². The lowest BCUT2D eigenvalue weighted by Crippen LogP contribution is -2.25. The van der Waals surface area contributed by atoms with Gasteiger partial charge in [-0.3, -0.25) is 9.59 Å². The van der Waals surface area contributed by atoms with E-state index in [4.69, 9.17) is 0 Å². The van der Waals surface area contributed by atoms with Crippen molar-refractivity contribution in [2.75, 3.05) is 28.6 Å². The molecule has 2 N–H and O–H groups in total. The molecule has 1 amide bonds. The fourth-order valence-electron chi connectivity index (χ4n) is 6.11. The van der Waals surface area contributed by atoms with Crippen LogP contribution in [0.5, 0.6) is 0 Å². The zero-order valence-electron chi connectivity index (χ0n) is 27.4. The van der Waals surface area contributed by atoms with Crippen molar-refractivity contribution in [3.8, 4) is 11.1 Å². The summed E-state index contributed by atoms with van der Waals surface area (Å²) < 4.78 is 1.59. The Morgan fingerprint density at radius 1 is 1.07 bits per heavy atom. The van der Waals surface area contributed by atoms with Crippen LogP contribution in [0.25, 0.3) is 11.1 Å². The van der Waals surface area contributed by atoms with E-state index < -0.39 is 0 Å². The summed E-state index contributed by atoms with van der Waals surface area (Å²) in [5.74, 6) is 1.25. The number of nitrogens with one attached hydrogen (secondary N) is 2. The number of thiophene rings is 1. The highest BCUT2D eigenvalue weighted by Gasteiger charge is 2.18. The molecule has 0 fully saturated rings. The van der Waals surface area contributed by atoms with Gasteiger partial charge in [0.1, 0.15) is 11.5 Å². The number of fused-ring (bicyclic) bond motifs is 1. The average molecular weight is 626 g/mol. The molecule has 0 saturated carbocycles. The third-order valence-electron chi connectivity index (χ3n) is 8.63. The Balaban J connectivity index is 1.34. The first kappa shape index (κ1) is 32.5. The van der Waals surface area contributed by atoms with E-state index in [9.17, 15) is 9.59 Å². The van der Waals surface area contributed by atoms with Crippen molar-refractivity contribution in [3.05, 3.63) is 86.1 Å². The quantitative estimate of drug-likeness (QED) is 0.154. The van der Waals surface area contributed by atoms with Gasteiger partial charge < -0.3 is 20.1 Å². The summed E-state index contributed by atoms with van der Waals surface area (Å²) in [6.45, 7) is 10.7. The van der Waals surface area contributed by atoms with Gasteiger partial charge in [0, 0.05) is 42.5 Å². The summed E-state index contributed by atoms with van der Waals surface area (Å²) in [6.07, 6.45) is 13.0. The lowest BCUT2D eigenvalue weighted by molar-refractivity contribution is 0.103. The van der Waals surface area contributed by atoms with E-state index in [0.717, 1.165) is 71.7 Å². The number of carbonyl (C=O) groups excluding carboxylic acids is 1. The van der Waals surface area contributed by atoms with Crippen LogP contribution in [-0.2, 0) is 19.9 Å². The first-order valence-corrected chi connectivity index (χ1v) is 17.3. The highest BCUT2D eigenvalue weighted by Crippen LogP contribution is 2.32. The van der Waals surface area contributed by atoms with Crippen LogP contribution in [-0.4, -0.2) is 28.5 Å². The Kier molecular flexibility index (Phi) is 10.8. The minimum absolute atomic E-state index is 0.0666. The Hall–Kier alpha value is -3.91. The molecule has 45 heavy (non-hydrogen) atoms. The first-order valence-electron chi connectivity index (χ1n) is 16.4.